The molecule has 2 aromatic carbocycles. The molecule has 0 aliphatic carbocycles. The number of halogens is 2. The standard InChI is InChI=1S/C14H11ClFNO4/c1-8(18)11-7-10(16)3-5-13(11)21-14-6-9(15)2-4-12(14)17(19)20/h2-8,18H,1H3/t8-/m1/s1. The van der Waals surface area contributed by atoms with Crippen LogP contribution in [0.5, 0.6) is 11.5 Å². The summed E-state index contributed by atoms with van der Waals surface area (Å²) >= 11 is 5.80. The van der Waals surface area contributed by atoms with Crippen molar-refractivity contribution in [1.29, 1.82) is 0 Å². The SMILES string of the molecule is C[C@@H](O)c1cc(F)ccc1Oc1cc(Cl)ccc1[N+](=O)[O-]. The quantitative estimate of drug-likeness (QED) is 0.677. The number of nitro benzene ring substituents is 1. The van der Waals surface area contributed by atoms with Gasteiger partial charge in [-0.25, -0.2) is 4.39 Å². The summed E-state index contributed by atoms with van der Waals surface area (Å²) in [5.74, 6) is -0.503. The van der Waals surface area contributed by atoms with E-state index < -0.39 is 16.8 Å². The fourth-order valence-electron chi connectivity index (χ4n) is 1.78. The average molecular weight is 312 g/mol. The van der Waals surface area contributed by atoms with Gasteiger partial charge >= 0.3 is 5.69 Å². The van der Waals surface area contributed by atoms with E-state index in [0.29, 0.717) is 0 Å². The van der Waals surface area contributed by atoms with Crippen LogP contribution in [0.4, 0.5) is 10.1 Å². The molecule has 1 N–H and O–H groups in total. The molecule has 0 saturated heterocycles. The minimum atomic E-state index is -0.992. The number of benzene rings is 2. The molecule has 7 heteroatoms. The molecular weight excluding hydrogens is 301 g/mol. The Labute approximate surface area is 124 Å². The van der Waals surface area contributed by atoms with Crippen LogP contribution in [0.15, 0.2) is 36.4 Å². The molecule has 0 fully saturated rings. The minimum absolute atomic E-state index is 0.0824. The highest BCUT2D eigenvalue weighted by Crippen LogP contribution is 2.36. The zero-order valence-corrected chi connectivity index (χ0v) is 11.7. The van der Waals surface area contributed by atoms with Crippen LogP contribution in [0.2, 0.25) is 5.02 Å². The summed E-state index contributed by atoms with van der Waals surface area (Å²) in [5, 5.41) is 20.9. The normalized spacial score (nSPS) is 12.0. The van der Waals surface area contributed by atoms with Gasteiger partial charge in [0.15, 0.2) is 0 Å². The van der Waals surface area contributed by atoms with E-state index in [2.05, 4.69) is 0 Å². The summed E-state index contributed by atoms with van der Waals surface area (Å²) < 4.78 is 18.7. The van der Waals surface area contributed by atoms with Crippen LogP contribution < -0.4 is 4.74 Å². The van der Waals surface area contributed by atoms with Crippen LogP contribution in [0, 0.1) is 15.9 Å². The first-order valence-electron chi connectivity index (χ1n) is 5.98. The Kier molecular flexibility index (Phi) is 4.40. The Bertz CT molecular complexity index is 691. The maximum absolute atomic E-state index is 13.2. The number of nitro groups is 1. The van der Waals surface area contributed by atoms with E-state index in [-0.39, 0.29) is 27.8 Å². The van der Waals surface area contributed by atoms with E-state index >= 15 is 0 Å². The molecule has 5 nitrogen and oxygen atoms in total. The summed E-state index contributed by atoms with van der Waals surface area (Å²) in [6.07, 6.45) is -0.992. The molecule has 1 atom stereocenters. The van der Waals surface area contributed by atoms with E-state index in [0.717, 1.165) is 12.1 Å². The van der Waals surface area contributed by atoms with E-state index in [1.54, 1.807) is 0 Å². The van der Waals surface area contributed by atoms with Crippen molar-refractivity contribution in [2.75, 3.05) is 0 Å². The first-order chi connectivity index (χ1) is 9.88. The molecule has 0 saturated carbocycles. The highest BCUT2D eigenvalue weighted by atomic mass is 35.5. The average Bonchev–Trinajstić information content (AvgIpc) is 2.40. The molecule has 0 aliphatic rings. The summed E-state index contributed by atoms with van der Waals surface area (Å²) in [4.78, 5) is 10.4. The number of aliphatic hydroxyl groups is 1. The first-order valence-corrected chi connectivity index (χ1v) is 6.35. The van der Waals surface area contributed by atoms with Gasteiger partial charge in [0.2, 0.25) is 5.75 Å². The molecule has 0 aromatic heterocycles. The Morgan fingerprint density at radius 2 is 2.00 bits per heavy atom. The lowest BCUT2D eigenvalue weighted by molar-refractivity contribution is -0.385. The summed E-state index contributed by atoms with van der Waals surface area (Å²) in [6.45, 7) is 1.44. The van der Waals surface area contributed by atoms with Crippen molar-refractivity contribution in [2.45, 2.75) is 13.0 Å². The molecule has 0 spiro atoms. The second-order valence-corrected chi connectivity index (χ2v) is 4.77. The third-order valence-corrected chi connectivity index (χ3v) is 3.00. The number of rotatable bonds is 4. The van der Waals surface area contributed by atoms with E-state index in [1.807, 2.05) is 0 Å². The molecule has 0 heterocycles. The van der Waals surface area contributed by atoms with Crippen LogP contribution in [0.3, 0.4) is 0 Å². The Balaban J connectivity index is 2.47. The topological polar surface area (TPSA) is 72.6 Å². The van der Waals surface area contributed by atoms with Crippen molar-refractivity contribution >= 4 is 17.3 Å². The van der Waals surface area contributed by atoms with Crippen LogP contribution >= 0.6 is 11.6 Å². The molecule has 0 amide bonds. The predicted molar refractivity (Wildman–Crippen MR) is 75.2 cm³/mol. The number of hydrogen-bond acceptors (Lipinski definition) is 4. The smallest absolute Gasteiger partial charge is 0.311 e. The maximum atomic E-state index is 13.2. The highest BCUT2D eigenvalue weighted by molar-refractivity contribution is 6.30. The second-order valence-electron chi connectivity index (χ2n) is 4.33. The van der Waals surface area contributed by atoms with Crippen molar-refractivity contribution < 1.29 is 19.2 Å². The van der Waals surface area contributed by atoms with Gasteiger partial charge in [-0.1, -0.05) is 11.6 Å². The fraction of sp³-hybridized carbons (Fsp3) is 0.143. The van der Waals surface area contributed by atoms with E-state index in [9.17, 15) is 19.6 Å². The Hall–Kier alpha value is -2.18. The lowest BCUT2D eigenvalue weighted by atomic mass is 10.1. The molecule has 21 heavy (non-hydrogen) atoms. The summed E-state index contributed by atoms with van der Waals surface area (Å²) in [6, 6.07) is 7.40. The molecule has 0 bridgehead atoms. The molecular formula is C14H11ClFNO4. The molecule has 0 radical (unpaired) electrons. The first kappa shape index (κ1) is 15.2. The third-order valence-electron chi connectivity index (χ3n) is 2.76. The van der Waals surface area contributed by atoms with Gasteiger partial charge in [-0.3, -0.25) is 10.1 Å². The molecule has 0 unspecified atom stereocenters. The summed E-state index contributed by atoms with van der Waals surface area (Å²) in [5.41, 5.74) is -0.0930. The van der Waals surface area contributed by atoms with Gasteiger partial charge in [-0.2, -0.15) is 0 Å². The summed E-state index contributed by atoms with van der Waals surface area (Å²) in [7, 11) is 0. The van der Waals surface area contributed by atoms with Gasteiger partial charge in [0.1, 0.15) is 11.6 Å². The lowest BCUT2D eigenvalue weighted by Crippen LogP contribution is -1.99. The van der Waals surface area contributed by atoms with Crippen molar-refractivity contribution in [3.63, 3.8) is 0 Å². The van der Waals surface area contributed by atoms with Gasteiger partial charge in [0.25, 0.3) is 0 Å². The van der Waals surface area contributed by atoms with E-state index in [4.69, 9.17) is 16.3 Å². The largest absolute Gasteiger partial charge is 0.450 e. The number of ether oxygens (including phenoxy) is 1. The van der Waals surface area contributed by atoms with Crippen molar-refractivity contribution in [3.05, 3.63) is 62.9 Å². The van der Waals surface area contributed by atoms with Crippen LogP contribution in [0.1, 0.15) is 18.6 Å². The van der Waals surface area contributed by atoms with Gasteiger partial charge < -0.3 is 9.84 Å². The highest BCUT2D eigenvalue weighted by Gasteiger charge is 2.19. The lowest BCUT2D eigenvalue weighted by Gasteiger charge is -2.13. The third kappa shape index (κ3) is 3.48. The maximum Gasteiger partial charge on any atom is 0.311 e. The minimum Gasteiger partial charge on any atom is -0.450 e. The molecule has 2 aromatic rings. The predicted octanol–water partition coefficient (Wildman–Crippen LogP) is 4.23. The Morgan fingerprint density at radius 1 is 1.29 bits per heavy atom. The molecule has 2 rings (SSSR count). The van der Waals surface area contributed by atoms with Gasteiger partial charge in [-0.05, 0) is 31.2 Å². The van der Waals surface area contributed by atoms with Gasteiger partial charge in [-0.15, -0.1) is 0 Å². The van der Waals surface area contributed by atoms with Crippen molar-refractivity contribution in [1.82, 2.24) is 0 Å². The van der Waals surface area contributed by atoms with E-state index in [1.165, 1.54) is 31.2 Å². The number of nitrogens with zero attached hydrogens (tertiary/aromatic N) is 1. The zero-order chi connectivity index (χ0) is 15.6. The van der Waals surface area contributed by atoms with Crippen molar-refractivity contribution in [2.24, 2.45) is 0 Å². The van der Waals surface area contributed by atoms with Crippen LogP contribution in [0.25, 0.3) is 0 Å². The second kappa shape index (κ2) is 6.07. The van der Waals surface area contributed by atoms with Gasteiger partial charge in [0.05, 0.1) is 11.0 Å². The monoisotopic (exact) mass is 311 g/mol. The zero-order valence-electron chi connectivity index (χ0n) is 10.9. The van der Waals surface area contributed by atoms with Crippen LogP contribution in [-0.4, -0.2) is 10.0 Å². The molecule has 110 valence electrons. The van der Waals surface area contributed by atoms with Crippen LogP contribution in [-0.2, 0) is 0 Å². The fourth-order valence-corrected chi connectivity index (χ4v) is 1.94. The Morgan fingerprint density at radius 3 is 2.62 bits per heavy atom. The molecule has 0 aliphatic heterocycles. The van der Waals surface area contributed by atoms with Gasteiger partial charge in [0, 0.05) is 22.7 Å². The number of aliphatic hydroxyl groups excluding tert-OH is 1. The van der Waals surface area contributed by atoms with Crippen molar-refractivity contribution in [3.8, 4) is 11.5 Å². The number of hydrogen-bond donors (Lipinski definition) is 1.